The number of rotatable bonds is 4. The van der Waals surface area contributed by atoms with Crippen LogP contribution in [-0.2, 0) is 4.79 Å². The summed E-state index contributed by atoms with van der Waals surface area (Å²) in [5.74, 6) is -0.231. The Kier molecular flexibility index (Phi) is 4.64. The highest BCUT2D eigenvalue weighted by molar-refractivity contribution is 5.95. The molecule has 1 aromatic heterocycles. The molecule has 90 valence electrons. The van der Waals surface area contributed by atoms with Crippen LogP contribution < -0.4 is 11.1 Å². The zero-order valence-corrected chi connectivity index (χ0v) is 10.2. The smallest absolute Gasteiger partial charge is 0.241 e. The number of carbonyl (C=O) groups is 1. The molecule has 3 N–H and O–H groups in total. The average molecular weight is 231 g/mol. The summed E-state index contributed by atoms with van der Waals surface area (Å²) in [7, 11) is 0. The van der Waals surface area contributed by atoms with Gasteiger partial charge in [-0.1, -0.05) is 6.58 Å². The van der Waals surface area contributed by atoms with E-state index in [-0.39, 0.29) is 5.91 Å². The second kappa shape index (κ2) is 5.99. The predicted molar refractivity (Wildman–Crippen MR) is 68.6 cm³/mol. The summed E-state index contributed by atoms with van der Waals surface area (Å²) in [5.41, 5.74) is 10.7. The van der Waals surface area contributed by atoms with Crippen LogP contribution in [0.3, 0.4) is 0 Å². The highest BCUT2D eigenvalue weighted by atomic mass is 16.2. The van der Waals surface area contributed by atoms with Crippen molar-refractivity contribution in [3.63, 3.8) is 0 Å². The number of pyridine rings is 1. The monoisotopic (exact) mass is 231 g/mol. The van der Waals surface area contributed by atoms with E-state index in [0.29, 0.717) is 12.1 Å². The van der Waals surface area contributed by atoms with Gasteiger partial charge in [0.2, 0.25) is 5.91 Å². The molecule has 1 atom stereocenters. The van der Waals surface area contributed by atoms with Crippen molar-refractivity contribution in [1.29, 1.82) is 0 Å². The van der Waals surface area contributed by atoms with Crippen LogP contribution in [0, 0.1) is 13.8 Å². The van der Waals surface area contributed by atoms with E-state index < -0.39 is 6.04 Å². The standard InChI is InChI=1S/C13H17N3O/c1-4-5-6-11(14)13(17)16-12-8-7-9(2)15-10(12)3/h5,7-8,11H,1,6,14H2,2-3H3,(H,16,17). The first-order valence-electron chi connectivity index (χ1n) is 5.39. The van der Waals surface area contributed by atoms with Crippen LogP contribution in [0.2, 0.25) is 0 Å². The van der Waals surface area contributed by atoms with Crippen LogP contribution in [0.5, 0.6) is 0 Å². The van der Waals surface area contributed by atoms with Gasteiger partial charge in [0.05, 0.1) is 17.4 Å². The molecule has 1 heterocycles. The van der Waals surface area contributed by atoms with Crippen molar-refractivity contribution in [2.45, 2.75) is 26.3 Å². The molecule has 0 spiro atoms. The molecule has 0 fully saturated rings. The Bertz CT molecular complexity index is 462. The minimum atomic E-state index is -0.593. The first-order valence-corrected chi connectivity index (χ1v) is 5.39. The van der Waals surface area contributed by atoms with Gasteiger partial charge in [-0.3, -0.25) is 9.78 Å². The zero-order valence-electron chi connectivity index (χ0n) is 10.2. The van der Waals surface area contributed by atoms with E-state index in [1.807, 2.05) is 26.0 Å². The van der Waals surface area contributed by atoms with Crippen molar-refractivity contribution in [3.05, 3.63) is 41.9 Å². The molecule has 0 saturated heterocycles. The Morgan fingerprint density at radius 2 is 2.35 bits per heavy atom. The van der Waals surface area contributed by atoms with Gasteiger partial charge in [-0.2, -0.15) is 0 Å². The Labute approximate surface area is 101 Å². The zero-order chi connectivity index (χ0) is 12.8. The Morgan fingerprint density at radius 1 is 1.65 bits per heavy atom. The molecule has 1 unspecified atom stereocenters. The van der Waals surface area contributed by atoms with E-state index in [9.17, 15) is 4.79 Å². The van der Waals surface area contributed by atoms with Crippen LogP contribution in [0.4, 0.5) is 5.69 Å². The largest absolute Gasteiger partial charge is 0.323 e. The minimum Gasteiger partial charge on any atom is -0.323 e. The van der Waals surface area contributed by atoms with Crippen LogP contribution in [-0.4, -0.2) is 16.9 Å². The normalized spacial score (nSPS) is 11.5. The summed E-state index contributed by atoms with van der Waals surface area (Å²) in [4.78, 5) is 16.0. The van der Waals surface area contributed by atoms with Gasteiger partial charge in [0.1, 0.15) is 0 Å². The molecule has 1 aromatic rings. The van der Waals surface area contributed by atoms with Crippen molar-refractivity contribution < 1.29 is 4.79 Å². The molecule has 1 rings (SSSR count). The molecule has 0 saturated carbocycles. The van der Waals surface area contributed by atoms with Gasteiger partial charge in [-0.05, 0) is 38.5 Å². The lowest BCUT2D eigenvalue weighted by Crippen LogP contribution is -2.35. The fourth-order valence-electron chi connectivity index (χ4n) is 1.36. The molecular weight excluding hydrogens is 214 g/mol. The number of carbonyl (C=O) groups excluding carboxylic acids is 1. The maximum absolute atomic E-state index is 11.7. The quantitative estimate of drug-likeness (QED) is 0.775. The average Bonchev–Trinajstić information content (AvgIpc) is 2.29. The van der Waals surface area contributed by atoms with Gasteiger partial charge in [-0.15, -0.1) is 5.73 Å². The molecule has 1 amide bonds. The summed E-state index contributed by atoms with van der Waals surface area (Å²) in [6.45, 7) is 7.17. The molecule has 0 aliphatic heterocycles. The maximum Gasteiger partial charge on any atom is 0.241 e. The maximum atomic E-state index is 11.7. The number of nitrogens with two attached hydrogens (primary N) is 1. The molecule has 0 aromatic carbocycles. The van der Waals surface area contributed by atoms with Gasteiger partial charge in [0.15, 0.2) is 0 Å². The highest BCUT2D eigenvalue weighted by Crippen LogP contribution is 2.12. The minimum absolute atomic E-state index is 0.231. The van der Waals surface area contributed by atoms with Crippen LogP contribution in [0.15, 0.2) is 30.5 Å². The van der Waals surface area contributed by atoms with E-state index in [0.717, 1.165) is 11.4 Å². The lowest BCUT2D eigenvalue weighted by atomic mass is 10.2. The topological polar surface area (TPSA) is 68.0 Å². The number of anilines is 1. The molecule has 0 radical (unpaired) electrons. The van der Waals surface area contributed by atoms with Gasteiger partial charge < -0.3 is 11.1 Å². The number of hydrogen-bond donors (Lipinski definition) is 2. The fraction of sp³-hybridized carbons (Fsp3) is 0.308. The van der Waals surface area contributed by atoms with Crippen LogP contribution in [0.1, 0.15) is 17.8 Å². The first kappa shape index (κ1) is 13.2. The van der Waals surface area contributed by atoms with E-state index in [4.69, 9.17) is 5.73 Å². The second-order valence-electron chi connectivity index (χ2n) is 3.83. The summed E-state index contributed by atoms with van der Waals surface area (Å²) in [6.07, 6.45) is 2.07. The van der Waals surface area contributed by atoms with Gasteiger partial charge in [0.25, 0.3) is 0 Å². The van der Waals surface area contributed by atoms with Gasteiger partial charge in [-0.25, -0.2) is 0 Å². The molecule has 0 aliphatic carbocycles. The first-order chi connectivity index (χ1) is 8.04. The third kappa shape index (κ3) is 3.87. The number of aromatic nitrogens is 1. The summed E-state index contributed by atoms with van der Waals surface area (Å²) < 4.78 is 0. The lowest BCUT2D eigenvalue weighted by molar-refractivity contribution is -0.117. The molecule has 17 heavy (non-hydrogen) atoms. The highest BCUT2D eigenvalue weighted by Gasteiger charge is 2.13. The van der Waals surface area contributed by atoms with E-state index in [1.165, 1.54) is 0 Å². The van der Waals surface area contributed by atoms with E-state index in [2.05, 4.69) is 22.6 Å². The molecule has 4 heteroatoms. The molecule has 0 aliphatic rings. The number of nitrogens with zero attached hydrogens (tertiary/aromatic N) is 1. The van der Waals surface area contributed by atoms with Crippen LogP contribution in [0.25, 0.3) is 0 Å². The van der Waals surface area contributed by atoms with Crippen molar-refractivity contribution in [3.8, 4) is 0 Å². The molecular formula is C13H17N3O. The Balaban J connectivity index is 2.70. The molecule has 4 nitrogen and oxygen atoms in total. The molecule has 0 bridgehead atoms. The number of nitrogens with one attached hydrogen (secondary N) is 1. The number of aryl methyl sites for hydroxylation is 2. The van der Waals surface area contributed by atoms with Gasteiger partial charge in [0, 0.05) is 5.69 Å². The van der Waals surface area contributed by atoms with E-state index >= 15 is 0 Å². The Hall–Kier alpha value is -1.90. The van der Waals surface area contributed by atoms with Crippen molar-refractivity contribution >= 4 is 11.6 Å². The van der Waals surface area contributed by atoms with E-state index in [1.54, 1.807) is 6.08 Å². The SMILES string of the molecule is C=C=CCC(N)C(=O)Nc1ccc(C)nc1C. The van der Waals surface area contributed by atoms with Crippen LogP contribution >= 0.6 is 0 Å². The third-order valence-electron chi connectivity index (χ3n) is 2.34. The van der Waals surface area contributed by atoms with Crippen molar-refractivity contribution in [1.82, 2.24) is 4.98 Å². The lowest BCUT2D eigenvalue weighted by Gasteiger charge is -2.11. The summed E-state index contributed by atoms with van der Waals surface area (Å²) in [6, 6.07) is 3.08. The number of hydrogen-bond acceptors (Lipinski definition) is 3. The van der Waals surface area contributed by atoms with Crippen molar-refractivity contribution in [2.24, 2.45) is 5.73 Å². The predicted octanol–water partition coefficient (Wildman–Crippen LogP) is 1.70. The second-order valence-corrected chi connectivity index (χ2v) is 3.83. The third-order valence-corrected chi connectivity index (χ3v) is 2.34. The Morgan fingerprint density at radius 3 is 2.94 bits per heavy atom. The van der Waals surface area contributed by atoms with Gasteiger partial charge >= 0.3 is 0 Å². The summed E-state index contributed by atoms with van der Waals surface area (Å²) >= 11 is 0. The van der Waals surface area contributed by atoms with Crippen molar-refractivity contribution in [2.75, 3.05) is 5.32 Å². The number of amides is 1. The summed E-state index contributed by atoms with van der Waals surface area (Å²) in [5, 5.41) is 2.75. The fourth-order valence-corrected chi connectivity index (χ4v) is 1.36.